The smallest absolute Gasteiger partial charge is 0.322 e. The molecule has 0 spiro atoms. The highest BCUT2D eigenvalue weighted by Gasteiger charge is 2.16. The number of ether oxygens (including phenoxy) is 2. The molecule has 0 unspecified atom stereocenters. The second-order valence-corrected chi connectivity index (χ2v) is 7.05. The molecule has 0 aliphatic rings. The van der Waals surface area contributed by atoms with Crippen molar-refractivity contribution in [3.05, 3.63) is 88.7 Å². The lowest BCUT2D eigenvalue weighted by atomic mass is 10.1. The minimum atomic E-state index is -0.321. The maximum absolute atomic E-state index is 13.3. The number of hydrogen-bond donors (Lipinski definition) is 1. The molecule has 0 fully saturated rings. The van der Waals surface area contributed by atoms with Gasteiger partial charge >= 0.3 is 6.03 Å². The van der Waals surface area contributed by atoms with Gasteiger partial charge in [0.15, 0.2) is 11.5 Å². The summed E-state index contributed by atoms with van der Waals surface area (Å²) in [5, 5.41) is 3.51. The fourth-order valence-corrected chi connectivity index (χ4v) is 3.06. The molecule has 3 rings (SSSR count). The fraction of sp³-hybridized carbons (Fsp3) is 0.174. The van der Waals surface area contributed by atoms with Crippen molar-refractivity contribution in [2.45, 2.75) is 13.1 Å². The normalized spacial score (nSPS) is 10.4. The van der Waals surface area contributed by atoms with E-state index >= 15 is 0 Å². The summed E-state index contributed by atoms with van der Waals surface area (Å²) >= 11 is 5.97. The first-order valence-electron chi connectivity index (χ1n) is 9.25. The number of benzene rings is 3. The third kappa shape index (κ3) is 5.64. The molecule has 0 aliphatic carbocycles. The van der Waals surface area contributed by atoms with E-state index in [9.17, 15) is 9.18 Å². The van der Waals surface area contributed by atoms with Gasteiger partial charge < -0.3 is 19.7 Å². The SMILES string of the molecule is COc1ccc(NC(=O)N(Cc2ccc(F)cc2)Cc2ccc(Cl)cc2)cc1OC. The average molecular weight is 429 g/mol. The predicted molar refractivity (Wildman–Crippen MR) is 116 cm³/mol. The molecule has 0 bridgehead atoms. The van der Waals surface area contributed by atoms with Crippen LogP contribution in [0.5, 0.6) is 11.5 Å². The molecule has 0 heterocycles. The lowest BCUT2D eigenvalue weighted by Crippen LogP contribution is -2.34. The Labute approximate surface area is 180 Å². The first-order chi connectivity index (χ1) is 14.5. The minimum Gasteiger partial charge on any atom is -0.493 e. The summed E-state index contributed by atoms with van der Waals surface area (Å²) in [4.78, 5) is 14.7. The Hall–Kier alpha value is -3.25. The molecule has 3 aromatic carbocycles. The van der Waals surface area contributed by atoms with Crippen LogP contribution in [0.2, 0.25) is 5.02 Å². The zero-order valence-corrected chi connectivity index (χ0v) is 17.4. The number of hydrogen-bond acceptors (Lipinski definition) is 3. The van der Waals surface area contributed by atoms with Gasteiger partial charge in [-0.2, -0.15) is 0 Å². The summed E-state index contributed by atoms with van der Waals surface area (Å²) in [6, 6.07) is 18.2. The van der Waals surface area contributed by atoms with Crippen molar-refractivity contribution >= 4 is 23.3 Å². The fourth-order valence-electron chi connectivity index (χ4n) is 2.94. The van der Waals surface area contributed by atoms with E-state index in [0.29, 0.717) is 35.3 Å². The van der Waals surface area contributed by atoms with E-state index in [-0.39, 0.29) is 11.8 Å². The first-order valence-corrected chi connectivity index (χ1v) is 9.63. The van der Waals surface area contributed by atoms with Crippen LogP contribution in [0.4, 0.5) is 14.9 Å². The number of amides is 2. The average Bonchev–Trinajstić information content (AvgIpc) is 2.76. The summed E-state index contributed by atoms with van der Waals surface area (Å²) < 4.78 is 23.8. The van der Waals surface area contributed by atoms with Crippen LogP contribution in [-0.4, -0.2) is 25.2 Å². The van der Waals surface area contributed by atoms with Gasteiger partial charge in [0.05, 0.1) is 14.2 Å². The molecule has 0 radical (unpaired) electrons. The number of nitrogens with one attached hydrogen (secondary N) is 1. The van der Waals surface area contributed by atoms with Crippen LogP contribution >= 0.6 is 11.6 Å². The number of nitrogens with zero attached hydrogens (tertiary/aromatic N) is 1. The van der Waals surface area contributed by atoms with E-state index < -0.39 is 0 Å². The van der Waals surface area contributed by atoms with Crippen molar-refractivity contribution in [3.8, 4) is 11.5 Å². The zero-order valence-electron chi connectivity index (χ0n) is 16.7. The molecule has 3 aromatic rings. The highest BCUT2D eigenvalue weighted by molar-refractivity contribution is 6.30. The molecule has 0 aliphatic heterocycles. The summed E-state index contributed by atoms with van der Waals surface area (Å²) in [5.74, 6) is 0.760. The molecule has 7 heteroatoms. The van der Waals surface area contributed by atoms with Gasteiger partial charge in [-0.05, 0) is 47.5 Å². The maximum Gasteiger partial charge on any atom is 0.322 e. The van der Waals surface area contributed by atoms with Crippen molar-refractivity contribution in [1.29, 1.82) is 0 Å². The first kappa shape index (κ1) is 21.5. The summed E-state index contributed by atoms with van der Waals surface area (Å²) in [7, 11) is 3.08. The van der Waals surface area contributed by atoms with Crippen LogP contribution in [0.3, 0.4) is 0 Å². The van der Waals surface area contributed by atoms with Gasteiger partial charge in [0.1, 0.15) is 5.82 Å². The number of urea groups is 1. The largest absolute Gasteiger partial charge is 0.493 e. The van der Waals surface area contributed by atoms with Crippen molar-refractivity contribution in [1.82, 2.24) is 4.90 Å². The Bertz CT molecular complexity index is 947. The molecular weight excluding hydrogens is 407 g/mol. The van der Waals surface area contributed by atoms with E-state index in [1.807, 2.05) is 12.1 Å². The van der Waals surface area contributed by atoms with Gasteiger partial charge in [-0.25, -0.2) is 9.18 Å². The highest BCUT2D eigenvalue weighted by atomic mass is 35.5. The van der Waals surface area contributed by atoms with Gasteiger partial charge in [-0.1, -0.05) is 35.9 Å². The van der Waals surface area contributed by atoms with Gasteiger partial charge in [0.2, 0.25) is 0 Å². The van der Waals surface area contributed by atoms with Crippen LogP contribution in [0.15, 0.2) is 66.7 Å². The van der Waals surface area contributed by atoms with Crippen LogP contribution < -0.4 is 14.8 Å². The van der Waals surface area contributed by atoms with E-state index in [1.165, 1.54) is 19.2 Å². The number of methoxy groups -OCH3 is 2. The van der Waals surface area contributed by atoms with Crippen molar-refractivity contribution in [2.24, 2.45) is 0 Å². The Morgan fingerprint density at radius 2 is 1.47 bits per heavy atom. The van der Waals surface area contributed by atoms with Gasteiger partial charge in [-0.15, -0.1) is 0 Å². The van der Waals surface area contributed by atoms with Crippen molar-refractivity contribution < 1.29 is 18.7 Å². The number of carbonyl (C=O) groups excluding carboxylic acids is 1. The van der Waals surface area contributed by atoms with Gasteiger partial charge in [-0.3, -0.25) is 0 Å². The quantitative estimate of drug-likeness (QED) is 0.522. The molecule has 30 heavy (non-hydrogen) atoms. The number of carbonyl (C=O) groups is 1. The second-order valence-electron chi connectivity index (χ2n) is 6.61. The van der Waals surface area contributed by atoms with Crippen LogP contribution in [0.25, 0.3) is 0 Å². The third-order valence-corrected chi connectivity index (χ3v) is 4.75. The van der Waals surface area contributed by atoms with E-state index in [0.717, 1.165) is 11.1 Å². The topological polar surface area (TPSA) is 50.8 Å². The molecule has 0 aromatic heterocycles. The minimum absolute atomic E-state index is 0.304. The van der Waals surface area contributed by atoms with Crippen molar-refractivity contribution in [3.63, 3.8) is 0 Å². The Morgan fingerprint density at radius 3 is 2.03 bits per heavy atom. The molecular formula is C23H22ClFN2O3. The molecule has 1 N–H and O–H groups in total. The number of anilines is 1. The molecule has 5 nitrogen and oxygen atoms in total. The Kier molecular flexibility index (Phi) is 7.14. The Morgan fingerprint density at radius 1 is 0.900 bits per heavy atom. The van der Waals surface area contributed by atoms with Crippen LogP contribution in [0, 0.1) is 5.82 Å². The molecule has 0 saturated carbocycles. The lowest BCUT2D eigenvalue weighted by molar-refractivity contribution is 0.206. The predicted octanol–water partition coefficient (Wildman–Crippen LogP) is 5.73. The van der Waals surface area contributed by atoms with Crippen molar-refractivity contribution in [2.75, 3.05) is 19.5 Å². The second kappa shape index (κ2) is 9.98. The standard InChI is InChI=1S/C23H22ClFN2O3/c1-29-21-12-11-20(13-22(21)30-2)26-23(28)27(14-16-3-7-18(24)8-4-16)15-17-5-9-19(25)10-6-17/h3-13H,14-15H2,1-2H3,(H,26,28). The van der Waals surface area contributed by atoms with E-state index in [2.05, 4.69) is 5.32 Å². The highest BCUT2D eigenvalue weighted by Crippen LogP contribution is 2.30. The zero-order chi connectivity index (χ0) is 21.5. The lowest BCUT2D eigenvalue weighted by Gasteiger charge is -2.24. The molecule has 0 saturated heterocycles. The van der Waals surface area contributed by atoms with Gasteiger partial charge in [0, 0.05) is 29.9 Å². The Balaban J connectivity index is 1.81. The van der Waals surface area contributed by atoms with E-state index in [1.54, 1.807) is 54.5 Å². The summed E-state index contributed by atoms with van der Waals surface area (Å²) in [6.45, 7) is 0.662. The maximum atomic E-state index is 13.3. The summed E-state index contributed by atoms with van der Waals surface area (Å²) in [6.07, 6.45) is 0. The van der Waals surface area contributed by atoms with Crippen LogP contribution in [-0.2, 0) is 13.1 Å². The monoisotopic (exact) mass is 428 g/mol. The van der Waals surface area contributed by atoms with Gasteiger partial charge in [0.25, 0.3) is 0 Å². The summed E-state index contributed by atoms with van der Waals surface area (Å²) in [5.41, 5.74) is 2.30. The number of rotatable bonds is 7. The van der Waals surface area contributed by atoms with E-state index in [4.69, 9.17) is 21.1 Å². The molecule has 2 amide bonds. The molecule has 156 valence electrons. The number of halogens is 2. The van der Waals surface area contributed by atoms with Crippen LogP contribution in [0.1, 0.15) is 11.1 Å². The molecule has 0 atom stereocenters. The third-order valence-electron chi connectivity index (χ3n) is 4.50.